The van der Waals surface area contributed by atoms with Gasteiger partial charge < -0.3 is 20.1 Å². The lowest BCUT2D eigenvalue weighted by Gasteiger charge is -2.28. The molecule has 1 unspecified atom stereocenters. The quantitative estimate of drug-likeness (QED) is 0.748. The van der Waals surface area contributed by atoms with Gasteiger partial charge in [-0.25, -0.2) is 9.59 Å². The molecule has 1 aliphatic heterocycles. The first-order valence-electron chi connectivity index (χ1n) is 9.22. The van der Waals surface area contributed by atoms with E-state index in [-0.39, 0.29) is 12.6 Å². The molecular formula is C22H24N2O4. The highest BCUT2D eigenvalue weighted by Crippen LogP contribution is 2.31. The molecule has 2 aromatic carbocycles. The number of carbonyl (C=O) groups excluding carboxylic acids is 2. The van der Waals surface area contributed by atoms with Gasteiger partial charge in [-0.1, -0.05) is 42.5 Å². The van der Waals surface area contributed by atoms with Crippen LogP contribution in [0.5, 0.6) is 5.75 Å². The number of urea groups is 1. The number of carbonyl (C=O) groups is 2. The van der Waals surface area contributed by atoms with Gasteiger partial charge >= 0.3 is 12.0 Å². The standard InChI is InChI=1S/C22H24N2O4/c1-4-27-18-12-17(11-10-14(18)2)20-19(15(3)23-22(26)24-20)21(25)28-13-16-8-6-5-7-9-16/h5-12,20H,4,13H2,1-3H3,(H2,23,24,26). The number of benzene rings is 2. The normalized spacial score (nSPS) is 16.2. The van der Waals surface area contributed by atoms with Crippen LogP contribution in [0.25, 0.3) is 0 Å². The van der Waals surface area contributed by atoms with Gasteiger partial charge in [0.05, 0.1) is 18.2 Å². The van der Waals surface area contributed by atoms with E-state index in [1.807, 2.05) is 62.4 Å². The van der Waals surface area contributed by atoms with Crippen molar-refractivity contribution in [1.82, 2.24) is 10.6 Å². The third-order valence-corrected chi connectivity index (χ3v) is 4.55. The van der Waals surface area contributed by atoms with Gasteiger partial charge in [0.15, 0.2) is 0 Å². The summed E-state index contributed by atoms with van der Waals surface area (Å²) in [5.41, 5.74) is 3.49. The Kier molecular flexibility index (Phi) is 5.99. The summed E-state index contributed by atoms with van der Waals surface area (Å²) >= 11 is 0. The molecule has 1 aliphatic rings. The van der Waals surface area contributed by atoms with Crippen molar-refractivity contribution in [2.24, 2.45) is 0 Å². The van der Waals surface area contributed by atoms with E-state index in [0.29, 0.717) is 17.9 Å². The minimum absolute atomic E-state index is 0.162. The first-order valence-corrected chi connectivity index (χ1v) is 9.22. The van der Waals surface area contributed by atoms with E-state index in [2.05, 4.69) is 10.6 Å². The van der Waals surface area contributed by atoms with Crippen LogP contribution < -0.4 is 15.4 Å². The van der Waals surface area contributed by atoms with Gasteiger partial charge in [-0.3, -0.25) is 0 Å². The third-order valence-electron chi connectivity index (χ3n) is 4.55. The summed E-state index contributed by atoms with van der Waals surface area (Å²) < 4.78 is 11.2. The summed E-state index contributed by atoms with van der Waals surface area (Å²) in [5.74, 6) is 0.250. The van der Waals surface area contributed by atoms with Crippen LogP contribution in [0, 0.1) is 6.92 Å². The SMILES string of the molecule is CCOc1cc(C2NC(=O)NC(C)=C2C(=O)OCc2ccccc2)ccc1C. The van der Waals surface area contributed by atoms with Crippen LogP contribution in [0.2, 0.25) is 0 Å². The molecule has 0 radical (unpaired) electrons. The molecule has 0 saturated heterocycles. The highest BCUT2D eigenvalue weighted by atomic mass is 16.5. The first-order chi connectivity index (χ1) is 13.5. The van der Waals surface area contributed by atoms with Crippen LogP contribution in [0.3, 0.4) is 0 Å². The molecule has 1 atom stereocenters. The fourth-order valence-corrected chi connectivity index (χ4v) is 3.12. The summed E-state index contributed by atoms with van der Waals surface area (Å²) in [5, 5.41) is 5.47. The summed E-state index contributed by atoms with van der Waals surface area (Å²) in [7, 11) is 0. The van der Waals surface area contributed by atoms with E-state index in [9.17, 15) is 9.59 Å². The van der Waals surface area contributed by atoms with Gasteiger partial charge in [-0.2, -0.15) is 0 Å². The van der Waals surface area contributed by atoms with Crippen LogP contribution in [-0.4, -0.2) is 18.6 Å². The Hall–Kier alpha value is -3.28. The topological polar surface area (TPSA) is 76.7 Å². The molecule has 0 bridgehead atoms. The van der Waals surface area contributed by atoms with Crippen molar-refractivity contribution in [3.8, 4) is 5.75 Å². The number of amides is 2. The Bertz CT molecular complexity index is 906. The predicted octanol–water partition coefficient (Wildman–Crippen LogP) is 3.77. The number of esters is 1. The van der Waals surface area contributed by atoms with Crippen LogP contribution in [0.1, 0.15) is 36.6 Å². The highest BCUT2D eigenvalue weighted by Gasteiger charge is 2.32. The van der Waals surface area contributed by atoms with Crippen molar-refractivity contribution in [2.45, 2.75) is 33.4 Å². The van der Waals surface area contributed by atoms with Crippen molar-refractivity contribution in [2.75, 3.05) is 6.61 Å². The molecule has 0 saturated carbocycles. The minimum Gasteiger partial charge on any atom is -0.494 e. The van der Waals surface area contributed by atoms with Gasteiger partial charge in [0.2, 0.25) is 0 Å². The Balaban J connectivity index is 1.88. The number of aryl methyl sites for hydroxylation is 1. The molecular weight excluding hydrogens is 356 g/mol. The van der Waals surface area contributed by atoms with E-state index < -0.39 is 12.0 Å². The molecule has 6 nitrogen and oxygen atoms in total. The lowest BCUT2D eigenvalue weighted by atomic mass is 9.94. The van der Waals surface area contributed by atoms with Gasteiger partial charge in [0, 0.05) is 5.70 Å². The summed E-state index contributed by atoms with van der Waals surface area (Å²) in [6.07, 6.45) is 0. The van der Waals surface area contributed by atoms with E-state index in [1.165, 1.54) is 0 Å². The van der Waals surface area contributed by atoms with Gasteiger partial charge in [0.25, 0.3) is 0 Å². The highest BCUT2D eigenvalue weighted by molar-refractivity contribution is 5.95. The van der Waals surface area contributed by atoms with Crippen molar-refractivity contribution in [3.63, 3.8) is 0 Å². The Morgan fingerprint density at radius 2 is 1.86 bits per heavy atom. The van der Waals surface area contributed by atoms with Gasteiger partial charge in [0.1, 0.15) is 12.4 Å². The molecule has 1 heterocycles. The Morgan fingerprint density at radius 1 is 1.11 bits per heavy atom. The predicted molar refractivity (Wildman–Crippen MR) is 106 cm³/mol. The molecule has 6 heteroatoms. The van der Waals surface area contributed by atoms with E-state index >= 15 is 0 Å². The fourth-order valence-electron chi connectivity index (χ4n) is 3.12. The van der Waals surface area contributed by atoms with E-state index in [0.717, 1.165) is 22.4 Å². The van der Waals surface area contributed by atoms with Crippen LogP contribution >= 0.6 is 0 Å². The maximum atomic E-state index is 12.8. The smallest absolute Gasteiger partial charge is 0.338 e. The van der Waals surface area contributed by atoms with Crippen LogP contribution in [0.4, 0.5) is 4.79 Å². The first kappa shape index (κ1) is 19.5. The average molecular weight is 380 g/mol. The van der Waals surface area contributed by atoms with Crippen molar-refractivity contribution < 1.29 is 19.1 Å². The van der Waals surface area contributed by atoms with Crippen molar-refractivity contribution in [3.05, 3.63) is 76.5 Å². The van der Waals surface area contributed by atoms with Crippen molar-refractivity contribution in [1.29, 1.82) is 0 Å². The summed E-state index contributed by atoms with van der Waals surface area (Å²) in [4.78, 5) is 24.9. The summed E-state index contributed by atoms with van der Waals surface area (Å²) in [6, 6.07) is 14.1. The molecule has 146 valence electrons. The molecule has 0 spiro atoms. The molecule has 2 aromatic rings. The number of allylic oxidation sites excluding steroid dienone is 1. The zero-order chi connectivity index (χ0) is 20.1. The van der Waals surface area contributed by atoms with Gasteiger partial charge in [-0.05, 0) is 43.5 Å². The lowest BCUT2D eigenvalue weighted by Crippen LogP contribution is -2.45. The Morgan fingerprint density at radius 3 is 2.57 bits per heavy atom. The second-order valence-corrected chi connectivity index (χ2v) is 6.59. The largest absolute Gasteiger partial charge is 0.494 e. The van der Waals surface area contributed by atoms with E-state index in [4.69, 9.17) is 9.47 Å². The Labute approximate surface area is 164 Å². The summed E-state index contributed by atoms with van der Waals surface area (Å²) in [6.45, 7) is 6.25. The maximum absolute atomic E-state index is 12.8. The third kappa shape index (κ3) is 4.34. The molecule has 2 amide bonds. The lowest BCUT2D eigenvalue weighted by molar-refractivity contribution is -0.140. The number of ether oxygens (including phenoxy) is 2. The molecule has 0 aliphatic carbocycles. The number of rotatable bonds is 6. The molecule has 0 aromatic heterocycles. The van der Waals surface area contributed by atoms with Crippen LogP contribution in [-0.2, 0) is 16.1 Å². The fraction of sp³-hybridized carbons (Fsp3) is 0.273. The second-order valence-electron chi connectivity index (χ2n) is 6.59. The molecule has 0 fully saturated rings. The number of hydrogen-bond donors (Lipinski definition) is 2. The van der Waals surface area contributed by atoms with E-state index in [1.54, 1.807) is 6.92 Å². The average Bonchev–Trinajstić information content (AvgIpc) is 2.68. The zero-order valence-electron chi connectivity index (χ0n) is 16.2. The molecule has 2 N–H and O–H groups in total. The number of nitrogens with one attached hydrogen (secondary N) is 2. The monoisotopic (exact) mass is 380 g/mol. The second kappa shape index (κ2) is 8.61. The van der Waals surface area contributed by atoms with Crippen LogP contribution in [0.15, 0.2) is 59.8 Å². The minimum atomic E-state index is -0.614. The molecule has 28 heavy (non-hydrogen) atoms. The van der Waals surface area contributed by atoms with Gasteiger partial charge in [-0.15, -0.1) is 0 Å². The zero-order valence-corrected chi connectivity index (χ0v) is 16.2. The van der Waals surface area contributed by atoms with Crippen molar-refractivity contribution >= 4 is 12.0 Å². The number of hydrogen-bond acceptors (Lipinski definition) is 4. The maximum Gasteiger partial charge on any atom is 0.338 e. The molecule has 3 rings (SSSR count).